The van der Waals surface area contributed by atoms with E-state index < -0.39 is 5.25 Å². The molecule has 1 N–H and O–H groups in total. The first-order valence-corrected chi connectivity index (χ1v) is 10.9. The van der Waals surface area contributed by atoms with Crippen LogP contribution < -0.4 is 15.2 Å². The van der Waals surface area contributed by atoms with Gasteiger partial charge in [-0.25, -0.2) is 4.98 Å². The predicted octanol–water partition coefficient (Wildman–Crippen LogP) is 3.40. The number of Topliss-reactive ketones (excluding diaryl/α,β-unsaturated/α-hetero) is 1. The lowest BCUT2D eigenvalue weighted by Gasteiger charge is -2.28. The van der Waals surface area contributed by atoms with Crippen LogP contribution in [0.5, 0.6) is 5.75 Å². The van der Waals surface area contributed by atoms with E-state index in [0.717, 1.165) is 4.88 Å². The molecule has 0 saturated heterocycles. The summed E-state index contributed by atoms with van der Waals surface area (Å²) in [6, 6.07) is 6.92. The summed E-state index contributed by atoms with van der Waals surface area (Å²) in [5.41, 5.74) is 0.884. The molecule has 9 heteroatoms. The smallest absolute Gasteiger partial charge is 0.265 e. The molecule has 1 unspecified atom stereocenters. The Morgan fingerprint density at radius 2 is 2.17 bits per heavy atom. The van der Waals surface area contributed by atoms with E-state index in [0.29, 0.717) is 38.9 Å². The minimum absolute atomic E-state index is 0.00406. The molecule has 29 heavy (non-hydrogen) atoms. The van der Waals surface area contributed by atoms with Crippen molar-refractivity contribution < 1.29 is 14.3 Å². The minimum atomic E-state index is -0.468. The zero-order valence-electron chi connectivity index (χ0n) is 16.1. The van der Waals surface area contributed by atoms with Crippen LogP contribution in [0.25, 0.3) is 10.2 Å². The summed E-state index contributed by atoms with van der Waals surface area (Å²) in [7, 11) is 0. The number of nitrogens with one attached hydrogen (secondary N) is 1. The third-order valence-corrected chi connectivity index (χ3v) is 6.59. The van der Waals surface area contributed by atoms with E-state index in [4.69, 9.17) is 4.74 Å². The lowest BCUT2D eigenvalue weighted by molar-refractivity contribution is -0.121. The number of likely N-dealkylation sites (N-methyl/N-ethyl adjacent to an activating group) is 1. The first kappa shape index (κ1) is 19.7. The number of aryl methyl sites for hydroxylation is 1. The van der Waals surface area contributed by atoms with Crippen LogP contribution in [0.4, 0.5) is 5.69 Å². The van der Waals surface area contributed by atoms with Crippen LogP contribution in [0.15, 0.2) is 34.2 Å². The van der Waals surface area contributed by atoms with Crippen LogP contribution in [-0.4, -0.2) is 40.1 Å². The number of thiophene rings is 1. The Morgan fingerprint density at radius 3 is 2.93 bits per heavy atom. The Kier molecular flexibility index (Phi) is 5.18. The maximum absolute atomic E-state index is 13.0. The number of rotatable bonds is 5. The highest BCUT2D eigenvalue weighted by atomic mass is 32.2. The fraction of sp³-hybridized carbons (Fsp3) is 0.300. The van der Waals surface area contributed by atoms with Crippen LogP contribution in [0, 0.1) is 6.92 Å². The number of benzene rings is 1. The summed E-state index contributed by atoms with van der Waals surface area (Å²) in [5, 5.41) is 0.511. The molecule has 1 aliphatic heterocycles. The first-order valence-electron chi connectivity index (χ1n) is 9.16. The molecule has 1 aliphatic rings. The van der Waals surface area contributed by atoms with E-state index in [1.165, 1.54) is 23.1 Å². The molecule has 1 atom stereocenters. The number of aromatic amines is 1. The lowest BCUT2D eigenvalue weighted by atomic mass is 10.1. The van der Waals surface area contributed by atoms with Gasteiger partial charge in [-0.2, -0.15) is 0 Å². The highest BCUT2D eigenvalue weighted by Crippen LogP contribution is 2.34. The molecular weight excluding hydrogens is 410 g/mol. The van der Waals surface area contributed by atoms with Gasteiger partial charge in [-0.15, -0.1) is 11.3 Å². The average Bonchev–Trinajstić information content (AvgIpc) is 3.07. The van der Waals surface area contributed by atoms with Gasteiger partial charge in [-0.05, 0) is 45.0 Å². The highest BCUT2D eigenvalue weighted by molar-refractivity contribution is 8.00. The molecular formula is C20H19N3O4S2. The number of hydrogen-bond acceptors (Lipinski definition) is 7. The Labute approximate surface area is 175 Å². The molecule has 0 radical (unpaired) electrons. The molecule has 3 heterocycles. The van der Waals surface area contributed by atoms with Gasteiger partial charge in [0.05, 0.1) is 16.3 Å². The van der Waals surface area contributed by atoms with Crippen LogP contribution >= 0.6 is 23.1 Å². The van der Waals surface area contributed by atoms with Gasteiger partial charge in [0.1, 0.15) is 10.6 Å². The Balaban J connectivity index is 1.59. The van der Waals surface area contributed by atoms with Gasteiger partial charge >= 0.3 is 0 Å². The van der Waals surface area contributed by atoms with Gasteiger partial charge in [0.25, 0.3) is 11.5 Å². The predicted molar refractivity (Wildman–Crippen MR) is 115 cm³/mol. The normalized spacial score (nSPS) is 14.6. The number of amides is 1. The quantitative estimate of drug-likeness (QED) is 0.380. The highest BCUT2D eigenvalue weighted by Gasteiger charge is 2.26. The van der Waals surface area contributed by atoms with Crippen molar-refractivity contribution in [2.75, 3.05) is 18.1 Å². The molecule has 1 amide bonds. The number of fused-ring (bicyclic) bond motifs is 2. The van der Waals surface area contributed by atoms with Gasteiger partial charge in [-0.3, -0.25) is 14.4 Å². The van der Waals surface area contributed by atoms with E-state index in [2.05, 4.69) is 9.97 Å². The zero-order chi connectivity index (χ0) is 20.7. The fourth-order valence-electron chi connectivity index (χ4n) is 3.25. The van der Waals surface area contributed by atoms with Crippen molar-refractivity contribution in [1.29, 1.82) is 0 Å². The monoisotopic (exact) mass is 429 g/mol. The van der Waals surface area contributed by atoms with Crippen molar-refractivity contribution in [2.24, 2.45) is 0 Å². The van der Waals surface area contributed by atoms with E-state index in [9.17, 15) is 14.4 Å². The number of thioether (sulfide) groups is 1. The number of hydrogen-bond donors (Lipinski definition) is 1. The Bertz CT molecular complexity index is 1180. The largest absolute Gasteiger partial charge is 0.482 e. The van der Waals surface area contributed by atoms with Crippen molar-refractivity contribution >= 4 is 50.7 Å². The molecule has 150 valence electrons. The van der Waals surface area contributed by atoms with Crippen LogP contribution in [-0.2, 0) is 4.79 Å². The number of anilines is 1. The van der Waals surface area contributed by atoms with E-state index in [1.54, 1.807) is 30.0 Å². The second-order valence-electron chi connectivity index (χ2n) is 6.68. The van der Waals surface area contributed by atoms with Gasteiger partial charge < -0.3 is 14.6 Å². The summed E-state index contributed by atoms with van der Waals surface area (Å²) in [5.74, 6) is 0.346. The van der Waals surface area contributed by atoms with Gasteiger partial charge in [-0.1, -0.05) is 11.8 Å². The number of carbonyl (C=O) groups excluding carboxylic acids is 2. The number of ether oxygens (including phenoxy) is 1. The zero-order valence-corrected chi connectivity index (χ0v) is 17.8. The molecule has 4 rings (SSSR count). The van der Waals surface area contributed by atoms with E-state index in [-0.39, 0.29) is 23.9 Å². The topological polar surface area (TPSA) is 92.4 Å². The van der Waals surface area contributed by atoms with Crippen molar-refractivity contribution in [3.8, 4) is 5.75 Å². The van der Waals surface area contributed by atoms with E-state index >= 15 is 0 Å². The number of H-pyrrole nitrogens is 1. The molecule has 0 aliphatic carbocycles. The van der Waals surface area contributed by atoms with Crippen LogP contribution in [0.3, 0.4) is 0 Å². The molecule has 7 nitrogen and oxygen atoms in total. The molecule has 0 bridgehead atoms. The van der Waals surface area contributed by atoms with Crippen LogP contribution in [0.1, 0.15) is 29.1 Å². The summed E-state index contributed by atoms with van der Waals surface area (Å²) < 4.78 is 5.46. The van der Waals surface area contributed by atoms with Crippen molar-refractivity contribution in [3.63, 3.8) is 0 Å². The SMILES string of the molecule is CCN1C(=O)COc2ccc(C(=O)C(C)Sc3nc4sc(C)cc4c(=O)[nH]3)cc21. The Hall–Kier alpha value is -2.65. The number of nitrogens with zero attached hydrogens (tertiary/aromatic N) is 2. The number of ketones is 1. The maximum atomic E-state index is 13.0. The summed E-state index contributed by atoms with van der Waals surface area (Å²) in [4.78, 5) is 47.8. The minimum Gasteiger partial charge on any atom is -0.482 e. The maximum Gasteiger partial charge on any atom is 0.265 e. The van der Waals surface area contributed by atoms with Crippen molar-refractivity contribution in [3.05, 3.63) is 45.1 Å². The standard InChI is InChI=1S/C20H19N3O4S2/c1-4-23-14-8-12(5-6-15(14)27-9-16(23)24)17(25)11(3)29-20-21-18(26)13-7-10(2)28-19(13)22-20/h5-8,11H,4,9H2,1-3H3,(H,21,22,26). The third kappa shape index (κ3) is 3.67. The number of aromatic nitrogens is 2. The molecule has 0 saturated carbocycles. The first-order chi connectivity index (χ1) is 13.9. The lowest BCUT2D eigenvalue weighted by Crippen LogP contribution is -2.38. The van der Waals surface area contributed by atoms with Crippen LogP contribution in [0.2, 0.25) is 0 Å². The second-order valence-corrected chi connectivity index (χ2v) is 9.24. The van der Waals surface area contributed by atoms with Gasteiger partial charge in [0.2, 0.25) is 0 Å². The molecule has 0 spiro atoms. The van der Waals surface area contributed by atoms with Gasteiger partial charge in [0, 0.05) is 17.0 Å². The summed E-state index contributed by atoms with van der Waals surface area (Å²) in [6.07, 6.45) is 0. The third-order valence-electron chi connectivity index (χ3n) is 4.66. The van der Waals surface area contributed by atoms with Crippen molar-refractivity contribution in [2.45, 2.75) is 31.2 Å². The molecule has 0 fully saturated rings. The molecule has 3 aromatic rings. The second kappa shape index (κ2) is 7.64. The number of carbonyl (C=O) groups is 2. The average molecular weight is 430 g/mol. The van der Waals surface area contributed by atoms with Crippen molar-refractivity contribution in [1.82, 2.24) is 9.97 Å². The molecule has 2 aromatic heterocycles. The Morgan fingerprint density at radius 1 is 1.38 bits per heavy atom. The fourth-order valence-corrected chi connectivity index (χ4v) is 5.06. The summed E-state index contributed by atoms with van der Waals surface area (Å²) >= 11 is 2.66. The van der Waals surface area contributed by atoms with Gasteiger partial charge in [0.15, 0.2) is 17.5 Å². The molecule has 1 aromatic carbocycles. The van der Waals surface area contributed by atoms with E-state index in [1.807, 2.05) is 19.9 Å². The summed E-state index contributed by atoms with van der Waals surface area (Å²) in [6.45, 7) is 6.08.